The van der Waals surface area contributed by atoms with Crippen molar-refractivity contribution < 1.29 is 9.53 Å². The van der Waals surface area contributed by atoms with E-state index in [1.54, 1.807) is 0 Å². The second-order valence-corrected chi connectivity index (χ2v) is 3.64. The minimum atomic E-state index is 0.198. The maximum Gasteiger partial charge on any atom is 0.138 e. The van der Waals surface area contributed by atoms with E-state index in [1.807, 2.05) is 0 Å². The van der Waals surface area contributed by atoms with Crippen molar-refractivity contribution in [1.29, 1.82) is 0 Å². The van der Waals surface area contributed by atoms with E-state index >= 15 is 0 Å². The van der Waals surface area contributed by atoms with Gasteiger partial charge in [0.05, 0.1) is 12.7 Å². The number of allylic oxidation sites excluding steroid dienone is 2. The summed E-state index contributed by atoms with van der Waals surface area (Å²) in [4.78, 5) is 10.7. The zero-order valence-electron chi connectivity index (χ0n) is 7.66. The molecule has 13 heavy (non-hydrogen) atoms. The molecule has 0 unspecified atom stereocenters. The van der Waals surface area contributed by atoms with Crippen LogP contribution in [0.25, 0.3) is 0 Å². The minimum absolute atomic E-state index is 0.198. The van der Waals surface area contributed by atoms with E-state index in [0.29, 0.717) is 25.2 Å². The summed E-state index contributed by atoms with van der Waals surface area (Å²) in [6.45, 7) is 0.675. The van der Waals surface area contributed by atoms with E-state index in [-0.39, 0.29) is 6.10 Å². The van der Waals surface area contributed by atoms with Gasteiger partial charge in [-0.15, -0.1) is 0 Å². The molecule has 0 N–H and O–H groups in total. The fourth-order valence-corrected chi connectivity index (χ4v) is 1.55. The third-order valence-corrected chi connectivity index (χ3v) is 2.47. The van der Waals surface area contributed by atoms with Gasteiger partial charge in [0.25, 0.3) is 0 Å². The predicted octanol–water partition coefficient (Wildman–Crippen LogP) is 2.01. The second-order valence-electron chi connectivity index (χ2n) is 3.64. The number of hydrogen-bond donors (Lipinski definition) is 0. The summed E-state index contributed by atoms with van der Waals surface area (Å²) in [5, 5.41) is 0. The van der Waals surface area contributed by atoms with Gasteiger partial charge in [0.1, 0.15) is 5.78 Å². The average molecular weight is 178 g/mol. The van der Waals surface area contributed by atoms with Gasteiger partial charge in [0.2, 0.25) is 0 Å². The van der Waals surface area contributed by atoms with Crippen LogP contribution < -0.4 is 0 Å². The van der Waals surface area contributed by atoms with Crippen molar-refractivity contribution >= 4 is 5.78 Å². The number of ether oxygens (including phenoxy) is 1. The topological polar surface area (TPSA) is 26.3 Å². The van der Waals surface area contributed by atoms with Gasteiger partial charge in [-0.3, -0.25) is 4.79 Å². The van der Waals surface area contributed by atoms with Crippen LogP contribution in [-0.2, 0) is 9.53 Å². The van der Waals surface area contributed by atoms with Crippen LogP contribution in [0.15, 0.2) is 23.8 Å². The van der Waals surface area contributed by atoms with Gasteiger partial charge in [-0.2, -0.15) is 0 Å². The molecule has 2 aliphatic rings. The van der Waals surface area contributed by atoms with Gasteiger partial charge in [-0.05, 0) is 18.4 Å². The first-order valence-electron chi connectivity index (χ1n) is 4.83. The number of hydrogen-bond acceptors (Lipinski definition) is 2. The summed E-state index contributed by atoms with van der Waals surface area (Å²) in [6, 6.07) is 0. The number of rotatable bonds is 3. The van der Waals surface area contributed by atoms with Crippen LogP contribution in [0, 0.1) is 0 Å². The molecule has 0 spiro atoms. The largest absolute Gasteiger partial charge is 0.373 e. The normalized spacial score (nSPS) is 22.8. The molecule has 0 bridgehead atoms. The SMILES string of the molecule is O=C1CC(OCC2=CCCC=C2)C1. The zero-order chi connectivity index (χ0) is 9.10. The van der Waals surface area contributed by atoms with E-state index in [1.165, 1.54) is 5.57 Å². The quantitative estimate of drug-likeness (QED) is 0.660. The molecule has 2 rings (SSSR count). The van der Waals surface area contributed by atoms with E-state index < -0.39 is 0 Å². The highest BCUT2D eigenvalue weighted by Gasteiger charge is 2.26. The van der Waals surface area contributed by atoms with Crippen molar-refractivity contribution in [2.24, 2.45) is 0 Å². The van der Waals surface area contributed by atoms with Crippen LogP contribution in [0.4, 0.5) is 0 Å². The maximum atomic E-state index is 10.7. The van der Waals surface area contributed by atoms with Crippen molar-refractivity contribution in [1.82, 2.24) is 0 Å². The highest BCUT2D eigenvalue weighted by atomic mass is 16.5. The fourth-order valence-electron chi connectivity index (χ4n) is 1.55. The van der Waals surface area contributed by atoms with Crippen molar-refractivity contribution in [3.63, 3.8) is 0 Å². The second kappa shape index (κ2) is 3.88. The molecule has 0 aromatic heterocycles. The molecule has 0 atom stereocenters. The summed E-state index contributed by atoms with van der Waals surface area (Å²) < 4.78 is 5.55. The van der Waals surface area contributed by atoms with Gasteiger partial charge in [0.15, 0.2) is 0 Å². The number of ketones is 1. The summed E-state index contributed by atoms with van der Waals surface area (Å²) in [5.41, 5.74) is 1.26. The molecule has 2 nitrogen and oxygen atoms in total. The first-order valence-corrected chi connectivity index (χ1v) is 4.83. The number of carbonyl (C=O) groups is 1. The molecular formula is C11H14O2. The lowest BCUT2D eigenvalue weighted by Gasteiger charge is -2.24. The molecule has 0 saturated heterocycles. The highest BCUT2D eigenvalue weighted by molar-refractivity contribution is 5.85. The molecule has 0 aromatic carbocycles. The van der Waals surface area contributed by atoms with Crippen LogP contribution in [0.1, 0.15) is 25.7 Å². The third-order valence-electron chi connectivity index (χ3n) is 2.47. The Morgan fingerprint density at radius 3 is 2.85 bits per heavy atom. The number of Topliss-reactive ketones (excluding diaryl/α,β-unsaturated/α-hetero) is 1. The molecule has 0 aromatic rings. The Balaban J connectivity index is 1.70. The van der Waals surface area contributed by atoms with Crippen LogP contribution in [0.5, 0.6) is 0 Å². The average Bonchev–Trinajstić information content (AvgIpc) is 2.12. The molecule has 2 heteroatoms. The zero-order valence-corrected chi connectivity index (χ0v) is 7.66. The van der Waals surface area contributed by atoms with Crippen LogP contribution >= 0.6 is 0 Å². The van der Waals surface area contributed by atoms with Gasteiger partial charge in [-0.1, -0.05) is 18.2 Å². The Labute approximate surface area is 78.3 Å². The monoisotopic (exact) mass is 178 g/mol. The molecule has 1 fully saturated rings. The van der Waals surface area contributed by atoms with Gasteiger partial charge >= 0.3 is 0 Å². The molecular weight excluding hydrogens is 164 g/mol. The molecule has 1 saturated carbocycles. The lowest BCUT2D eigenvalue weighted by atomic mass is 9.94. The highest BCUT2D eigenvalue weighted by Crippen LogP contribution is 2.20. The Bertz CT molecular complexity index is 255. The Morgan fingerprint density at radius 1 is 1.38 bits per heavy atom. The van der Waals surface area contributed by atoms with Gasteiger partial charge in [0, 0.05) is 12.8 Å². The Hall–Kier alpha value is -0.890. The Morgan fingerprint density at radius 2 is 2.23 bits per heavy atom. The standard InChI is InChI=1S/C11H14O2/c12-10-6-11(7-10)13-8-9-4-2-1-3-5-9/h2,4-5,11H,1,3,6-8H2. The molecule has 0 aliphatic heterocycles. The van der Waals surface area contributed by atoms with Crippen LogP contribution in [0.2, 0.25) is 0 Å². The molecule has 0 heterocycles. The molecule has 0 amide bonds. The molecule has 70 valence electrons. The first kappa shape index (κ1) is 8.70. The van der Waals surface area contributed by atoms with E-state index in [0.717, 1.165) is 12.8 Å². The minimum Gasteiger partial charge on any atom is -0.373 e. The summed E-state index contributed by atoms with van der Waals surface area (Å²) in [5.74, 6) is 0.332. The van der Waals surface area contributed by atoms with Gasteiger partial charge < -0.3 is 4.74 Å². The molecule has 0 radical (unpaired) electrons. The summed E-state index contributed by atoms with van der Waals surface area (Å²) in [6.07, 6.45) is 10.2. The smallest absolute Gasteiger partial charge is 0.138 e. The van der Waals surface area contributed by atoms with E-state index in [9.17, 15) is 4.79 Å². The van der Waals surface area contributed by atoms with Gasteiger partial charge in [-0.25, -0.2) is 0 Å². The summed E-state index contributed by atoms with van der Waals surface area (Å²) >= 11 is 0. The fraction of sp³-hybridized carbons (Fsp3) is 0.545. The van der Waals surface area contributed by atoms with Crippen molar-refractivity contribution in [2.75, 3.05) is 6.61 Å². The first-order chi connectivity index (χ1) is 6.34. The Kier molecular flexibility index (Phi) is 2.60. The summed E-state index contributed by atoms with van der Waals surface area (Å²) in [7, 11) is 0. The lowest BCUT2D eigenvalue weighted by molar-refractivity contribution is -0.133. The van der Waals surface area contributed by atoms with E-state index in [4.69, 9.17) is 4.74 Å². The third kappa shape index (κ3) is 2.28. The van der Waals surface area contributed by atoms with Crippen molar-refractivity contribution in [3.8, 4) is 0 Å². The predicted molar refractivity (Wildman–Crippen MR) is 50.4 cm³/mol. The van der Waals surface area contributed by atoms with Crippen LogP contribution in [-0.4, -0.2) is 18.5 Å². The van der Waals surface area contributed by atoms with Crippen molar-refractivity contribution in [2.45, 2.75) is 31.8 Å². The number of carbonyl (C=O) groups excluding carboxylic acids is 1. The lowest BCUT2D eigenvalue weighted by Crippen LogP contribution is -2.31. The van der Waals surface area contributed by atoms with Crippen molar-refractivity contribution in [3.05, 3.63) is 23.8 Å². The van der Waals surface area contributed by atoms with E-state index in [2.05, 4.69) is 18.2 Å². The maximum absolute atomic E-state index is 10.7. The van der Waals surface area contributed by atoms with Crippen LogP contribution in [0.3, 0.4) is 0 Å². The molecule has 2 aliphatic carbocycles.